The number of amides is 2. The first-order chi connectivity index (χ1) is 14.7. The summed E-state index contributed by atoms with van der Waals surface area (Å²) in [4.78, 5) is 37.1. The molecule has 0 aliphatic carbocycles. The normalized spacial score (nSPS) is 16.1. The minimum atomic E-state index is -0.626. The molecule has 1 atom stereocenters. The van der Waals surface area contributed by atoms with Crippen LogP contribution in [0.15, 0.2) is 36.4 Å². The minimum Gasteiger partial charge on any atom is -0.398 e. The van der Waals surface area contributed by atoms with Gasteiger partial charge in [0.15, 0.2) is 0 Å². The van der Waals surface area contributed by atoms with Crippen molar-refractivity contribution >= 4 is 23.2 Å². The van der Waals surface area contributed by atoms with Gasteiger partial charge in [-0.25, -0.2) is 0 Å². The molecule has 0 bridgehead atoms. The van der Waals surface area contributed by atoms with Gasteiger partial charge in [-0.1, -0.05) is 23.8 Å². The van der Waals surface area contributed by atoms with Gasteiger partial charge in [0.1, 0.15) is 0 Å². The quantitative estimate of drug-likeness (QED) is 0.353. The van der Waals surface area contributed by atoms with Crippen LogP contribution in [0, 0.1) is 24.0 Å². The van der Waals surface area contributed by atoms with E-state index >= 15 is 0 Å². The van der Waals surface area contributed by atoms with Gasteiger partial charge in [-0.05, 0) is 37.5 Å². The van der Waals surface area contributed by atoms with Gasteiger partial charge >= 0.3 is 0 Å². The number of nitrogens with zero attached hydrogens (tertiary/aromatic N) is 2. The largest absolute Gasteiger partial charge is 0.398 e. The second-order valence-corrected chi connectivity index (χ2v) is 7.93. The summed E-state index contributed by atoms with van der Waals surface area (Å²) in [6, 6.07) is 10.1. The fourth-order valence-corrected chi connectivity index (χ4v) is 3.75. The Kier molecular flexibility index (Phi) is 6.86. The molecule has 0 unspecified atom stereocenters. The van der Waals surface area contributed by atoms with E-state index in [1.165, 1.54) is 28.8 Å². The number of hydrogen-bond acceptors (Lipinski definition) is 6. The van der Waals surface area contributed by atoms with E-state index < -0.39 is 10.8 Å². The van der Waals surface area contributed by atoms with Crippen LogP contribution in [0.5, 0.6) is 0 Å². The Hall–Kier alpha value is -3.46. The number of nitro groups is 1. The smallest absolute Gasteiger partial charge is 0.270 e. The van der Waals surface area contributed by atoms with E-state index in [1.54, 1.807) is 0 Å². The number of carbonyl (C=O) groups excluding carboxylic acids is 2. The molecule has 0 spiro atoms. The Morgan fingerprint density at radius 3 is 2.71 bits per heavy atom. The van der Waals surface area contributed by atoms with E-state index in [-0.39, 0.29) is 35.4 Å². The second-order valence-electron chi connectivity index (χ2n) is 7.93. The molecule has 1 aliphatic rings. The highest BCUT2D eigenvalue weighted by Crippen LogP contribution is 2.20. The lowest BCUT2D eigenvalue weighted by molar-refractivity contribution is -0.384. The van der Waals surface area contributed by atoms with E-state index in [2.05, 4.69) is 47.6 Å². The predicted octanol–water partition coefficient (Wildman–Crippen LogP) is 1.91. The summed E-state index contributed by atoms with van der Waals surface area (Å²) < 4.78 is 0. The Balaban J connectivity index is 1.47. The van der Waals surface area contributed by atoms with Gasteiger partial charge in [0.2, 0.25) is 5.91 Å². The van der Waals surface area contributed by atoms with Gasteiger partial charge in [0.25, 0.3) is 11.6 Å². The molecule has 1 heterocycles. The SMILES string of the molecule is Cc1ccc(CN2CC[C@@H](NC(=O)CNC(=O)c3cc([N+](=O)[O-])ccc3N)C2)c(C)c1. The van der Waals surface area contributed by atoms with Crippen LogP contribution in [0.2, 0.25) is 0 Å². The van der Waals surface area contributed by atoms with Crippen LogP contribution in [-0.4, -0.2) is 47.3 Å². The molecule has 2 amide bonds. The summed E-state index contributed by atoms with van der Waals surface area (Å²) in [5.41, 5.74) is 9.36. The monoisotopic (exact) mass is 425 g/mol. The van der Waals surface area contributed by atoms with Crippen LogP contribution in [0.25, 0.3) is 0 Å². The van der Waals surface area contributed by atoms with E-state index in [0.717, 1.165) is 32.1 Å². The molecule has 9 heteroatoms. The maximum Gasteiger partial charge on any atom is 0.270 e. The number of likely N-dealkylation sites (tertiary alicyclic amines) is 1. The number of benzene rings is 2. The van der Waals surface area contributed by atoms with Crippen molar-refractivity contribution in [3.63, 3.8) is 0 Å². The maximum absolute atomic E-state index is 12.3. The molecule has 1 fully saturated rings. The van der Waals surface area contributed by atoms with E-state index in [1.807, 2.05) is 0 Å². The highest BCUT2D eigenvalue weighted by Gasteiger charge is 2.24. The fraction of sp³-hybridized carbons (Fsp3) is 0.364. The van der Waals surface area contributed by atoms with Crippen molar-refractivity contribution in [3.8, 4) is 0 Å². The molecule has 164 valence electrons. The lowest BCUT2D eigenvalue weighted by Crippen LogP contribution is -2.43. The zero-order valence-electron chi connectivity index (χ0n) is 17.7. The van der Waals surface area contributed by atoms with Crippen LogP contribution in [-0.2, 0) is 11.3 Å². The summed E-state index contributed by atoms with van der Waals surface area (Å²) in [5, 5.41) is 16.3. The molecule has 0 aromatic heterocycles. The fourth-order valence-electron chi connectivity index (χ4n) is 3.75. The number of carbonyl (C=O) groups is 2. The lowest BCUT2D eigenvalue weighted by atomic mass is 10.1. The number of non-ortho nitro benzene ring substituents is 1. The van der Waals surface area contributed by atoms with Crippen molar-refractivity contribution in [1.29, 1.82) is 0 Å². The molecule has 2 aromatic carbocycles. The molecule has 31 heavy (non-hydrogen) atoms. The van der Waals surface area contributed by atoms with Crippen molar-refractivity contribution in [2.45, 2.75) is 32.9 Å². The summed E-state index contributed by atoms with van der Waals surface area (Å²) in [6.07, 6.45) is 0.836. The number of hydrogen-bond donors (Lipinski definition) is 3. The van der Waals surface area contributed by atoms with E-state index in [0.29, 0.717) is 0 Å². The van der Waals surface area contributed by atoms with Gasteiger partial charge in [0.05, 0.1) is 17.0 Å². The molecule has 3 rings (SSSR count). The number of anilines is 1. The molecule has 9 nitrogen and oxygen atoms in total. The first-order valence-corrected chi connectivity index (χ1v) is 10.1. The number of nitro benzene ring substituents is 1. The van der Waals surface area contributed by atoms with Crippen LogP contribution >= 0.6 is 0 Å². The molecular weight excluding hydrogens is 398 g/mol. The predicted molar refractivity (Wildman–Crippen MR) is 118 cm³/mol. The van der Waals surface area contributed by atoms with Crippen LogP contribution < -0.4 is 16.4 Å². The van der Waals surface area contributed by atoms with Gasteiger partial charge in [-0.3, -0.25) is 24.6 Å². The van der Waals surface area contributed by atoms with Gasteiger partial charge < -0.3 is 16.4 Å². The standard InChI is InChI=1S/C22H27N5O4/c1-14-3-4-16(15(2)9-14)12-26-8-7-17(13-26)25-21(28)11-24-22(29)19-10-18(27(30)31)5-6-20(19)23/h3-6,9-10,17H,7-8,11-13,23H2,1-2H3,(H,24,29)(H,25,28)/t17-/m1/s1. The molecule has 0 radical (unpaired) electrons. The Morgan fingerprint density at radius 2 is 2.00 bits per heavy atom. The van der Waals surface area contributed by atoms with E-state index in [9.17, 15) is 19.7 Å². The molecule has 2 aromatic rings. The van der Waals surface area contributed by atoms with Crippen molar-refractivity contribution in [3.05, 3.63) is 68.8 Å². The topological polar surface area (TPSA) is 131 Å². The van der Waals surface area contributed by atoms with Crippen molar-refractivity contribution in [2.75, 3.05) is 25.4 Å². The molecular formula is C22H27N5O4. The zero-order valence-corrected chi connectivity index (χ0v) is 17.7. The number of rotatable bonds is 7. The molecule has 1 aliphatic heterocycles. The van der Waals surface area contributed by atoms with Gasteiger partial charge in [0, 0.05) is 43.5 Å². The molecule has 0 saturated carbocycles. The summed E-state index contributed by atoms with van der Waals surface area (Å²) in [5.74, 6) is -0.935. The molecule has 4 N–H and O–H groups in total. The first kappa shape index (κ1) is 22.2. The Labute approximate surface area is 180 Å². The van der Waals surface area contributed by atoms with Crippen molar-refractivity contribution in [2.24, 2.45) is 0 Å². The van der Waals surface area contributed by atoms with Crippen LogP contribution in [0.1, 0.15) is 33.5 Å². The highest BCUT2D eigenvalue weighted by molar-refractivity contribution is 6.01. The third-order valence-corrected chi connectivity index (χ3v) is 5.43. The summed E-state index contributed by atoms with van der Waals surface area (Å²) in [6.45, 7) is 6.41. The minimum absolute atomic E-state index is 0.0121. The first-order valence-electron chi connectivity index (χ1n) is 10.1. The maximum atomic E-state index is 12.3. The summed E-state index contributed by atoms with van der Waals surface area (Å²) in [7, 11) is 0. The number of nitrogens with two attached hydrogens (primary N) is 1. The average molecular weight is 425 g/mol. The number of nitrogen functional groups attached to an aromatic ring is 1. The van der Waals surface area contributed by atoms with Crippen molar-refractivity contribution in [1.82, 2.24) is 15.5 Å². The number of nitrogens with one attached hydrogen (secondary N) is 2. The van der Waals surface area contributed by atoms with Crippen LogP contribution in [0.3, 0.4) is 0 Å². The third kappa shape index (κ3) is 5.79. The van der Waals surface area contributed by atoms with Crippen molar-refractivity contribution < 1.29 is 14.5 Å². The van der Waals surface area contributed by atoms with Crippen LogP contribution in [0.4, 0.5) is 11.4 Å². The van der Waals surface area contributed by atoms with E-state index in [4.69, 9.17) is 5.73 Å². The average Bonchev–Trinajstić information content (AvgIpc) is 3.15. The number of aryl methyl sites for hydroxylation is 2. The molecule has 1 saturated heterocycles. The van der Waals surface area contributed by atoms with Gasteiger partial charge in [-0.2, -0.15) is 0 Å². The Morgan fingerprint density at radius 1 is 1.23 bits per heavy atom. The third-order valence-electron chi connectivity index (χ3n) is 5.43. The summed E-state index contributed by atoms with van der Waals surface area (Å²) >= 11 is 0. The second kappa shape index (κ2) is 9.57. The Bertz CT molecular complexity index is 1010. The lowest BCUT2D eigenvalue weighted by Gasteiger charge is -2.18. The van der Waals surface area contributed by atoms with Gasteiger partial charge in [-0.15, -0.1) is 0 Å². The highest BCUT2D eigenvalue weighted by atomic mass is 16.6. The zero-order chi connectivity index (χ0) is 22.5.